The van der Waals surface area contributed by atoms with Crippen LogP contribution in [-0.2, 0) is 0 Å². The van der Waals surface area contributed by atoms with Crippen LogP contribution in [0.25, 0.3) is 0 Å². The average molecular weight is 379 g/mol. The summed E-state index contributed by atoms with van der Waals surface area (Å²) in [6.45, 7) is 4.79. The molecule has 0 heterocycles. The number of rotatable bonds is 6. The van der Waals surface area contributed by atoms with Gasteiger partial charge in [0.2, 0.25) is 0 Å². The Bertz CT molecular complexity index is 776. The second-order valence-corrected chi connectivity index (χ2v) is 6.94. The largest absolute Gasteiger partial charge is 0.352 e. The molecule has 4 nitrogen and oxygen atoms in total. The van der Waals surface area contributed by atoms with Gasteiger partial charge in [-0.2, -0.15) is 0 Å². The summed E-state index contributed by atoms with van der Waals surface area (Å²) in [5, 5.41) is 6.42. The highest BCUT2D eigenvalue weighted by Crippen LogP contribution is 2.26. The fourth-order valence-corrected chi connectivity index (χ4v) is 2.50. The Labute approximate surface area is 157 Å². The van der Waals surface area contributed by atoms with E-state index in [1.54, 1.807) is 42.5 Å². The van der Waals surface area contributed by atoms with E-state index in [0.717, 1.165) is 6.42 Å². The molecule has 0 fully saturated rings. The van der Waals surface area contributed by atoms with Gasteiger partial charge in [-0.1, -0.05) is 43.1 Å². The van der Waals surface area contributed by atoms with Crippen molar-refractivity contribution in [3.05, 3.63) is 63.6 Å². The van der Waals surface area contributed by atoms with Crippen LogP contribution in [0.5, 0.6) is 0 Å². The number of nitrogens with one attached hydrogen (secondary N) is 2. The Balaban J connectivity index is 2.08. The molecular weight excluding hydrogens is 359 g/mol. The minimum Gasteiger partial charge on any atom is -0.352 e. The maximum absolute atomic E-state index is 12.4. The lowest BCUT2D eigenvalue weighted by Crippen LogP contribution is -2.25. The lowest BCUT2D eigenvalue weighted by atomic mass is 10.1. The molecule has 25 heavy (non-hydrogen) atoms. The van der Waals surface area contributed by atoms with Gasteiger partial charge >= 0.3 is 0 Å². The third kappa shape index (κ3) is 5.76. The van der Waals surface area contributed by atoms with Gasteiger partial charge in [0, 0.05) is 22.7 Å². The average Bonchev–Trinajstić information content (AvgIpc) is 2.57. The van der Waals surface area contributed by atoms with Crippen molar-refractivity contribution in [2.45, 2.75) is 20.3 Å². The van der Waals surface area contributed by atoms with E-state index in [-0.39, 0.29) is 11.8 Å². The van der Waals surface area contributed by atoms with Crippen LogP contribution in [0.15, 0.2) is 42.5 Å². The van der Waals surface area contributed by atoms with Crippen LogP contribution in [0.4, 0.5) is 5.69 Å². The molecule has 0 bridgehead atoms. The van der Waals surface area contributed by atoms with Crippen LogP contribution in [0.3, 0.4) is 0 Å². The number of carbonyl (C=O) groups is 2. The summed E-state index contributed by atoms with van der Waals surface area (Å²) in [4.78, 5) is 24.6. The Morgan fingerprint density at radius 1 is 1.00 bits per heavy atom. The van der Waals surface area contributed by atoms with Gasteiger partial charge in [0.05, 0.1) is 10.7 Å². The van der Waals surface area contributed by atoms with Crippen molar-refractivity contribution in [2.75, 3.05) is 11.9 Å². The van der Waals surface area contributed by atoms with Crippen LogP contribution in [-0.4, -0.2) is 18.4 Å². The second kappa shape index (κ2) is 8.88. The topological polar surface area (TPSA) is 58.2 Å². The number of carbonyl (C=O) groups excluding carboxylic acids is 2. The lowest BCUT2D eigenvalue weighted by Gasteiger charge is -2.10. The summed E-state index contributed by atoms with van der Waals surface area (Å²) in [5.74, 6) is -0.0445. The van der Waals surface area contributed by atoms with Gasteiger partial charge in [-0.05, 0) is 48.7 Å². The Hall–Kier alpha value is -2.04. The predicted octanol–water partition coefficient (Wildman–Crippen LogP) is 5.02. The first-order chi connectivity index (χ1) is 11.9. The number of benzene rings is 2. The van der Waals surface area contributed by atoms with Crippen molar-refractivity contribution >= 4 is 40.7 Å². The van der Waals surface area contributed by atoms with Gasteiger partial charge in [-0.15, -0.1) is 0 Å². The summed E-state index contributed by atoms with van der Waals surface area (Å²) < 4.78 is 0. The molecule has 132 valence electrons. The summed E-state index contributed by atoms with van der Waals surface area (Å²) in [6, 6.07) is 11.4. The summed E-state index contributed by atoms with van der Waals surface area (Å²) in [6.07, 6.45) is 0.902. The smallest absolute Gasteiger partial charge is 0.255 e. The third-order valence-electron chi connectivity index (χ3n) is 3.57. The number of halogens is 2. The van der Waals surface area contributed by atoms with Crippen molar-refractivity contribution < 1.29 is 9.59 Å². The molecule has 0 saturated heterocycles. The molecule has 0 aliphatic rings. The molecule has 0 aliphatic carbocycles. The van der Waals surface area contributed by atoms with Crippen LogP contribution in [0, 0.1) is 5.92 Å². The molecule has 2 aromatic rings. The third-order valence-corrected chi connectivity index (χ3v) is 4.14. The minimum atomic E-state index is -0.360. The summed E-state index contributed by atoms with van der Waals surface area (Å²) in [7, 11) is 0. The SMILES string of the molecule is CC(C)CCNC(=O)c1cccc(C(=O)Nc2cc(Cl)ccc2Cl)c1. The Kier molecular flexibility index (Phi) is 6.85. The number of anilines is 1. The maximum Gasteiger partial charge on any atom is 0.255 e. The molecule has 2 N–H and O–H groups in total. The second-order valence-electron chi connectivity index (χ2n) is 6.10. The molecule has 2 rings (SSSR count). The van der Waals surface area contributed by atoms with E-state index in [1.165, 1.54) is 0 Å². The van der Waals surface area contributed by atoms with Gasteiger partial charge in [-0.3, -0.25) is 9.59 Å². The zero-order valence-corrected chi connectivity index (χ0v) is 15.6. The van der Waals surface area contributed by atoms with Crippen LogP contribution in [0.2, 0.25) is 10.0 Å². The Morgan fingerprint density at radius 2 is 1.68 bits per heavy atom. The highest BCUT2D eigenvalue weighted by atomic mass is 35.5. The van der Waals surface area contributed by atoms with E-state index < -0.39 is 0 Å². The van der Waals surface area contributed by atoms with E-state index in [4.69, 9.17) is 23.2 Å². The quantitative estimate of drug-likeness (QED) is 0.740. The molecule has 2 aromatic carbocycles. The minimum absolute atomic E-state index is 0.198. The predicted molar refractivity (Wildman–Crippen MR) is 103 cm³/mol. The molecule has 0 aromatic heterocycles. The van der Waals surface area contributed by atoms with Crippen molar-refractivity contribution in [1.82, 2.24) is 5.32 Å². The van der Waals surface area contributed by atoms with E-state index in [1.807, 2.05) is 0 Å². The van der Waals surface area contributed by atoms with Gasteiger partial charge in [0.1, 0.15) is 0 Å². The molecule has 0 atom stereocenters. The molecule has 0 saturated carbocycles. The van der Waals surface area contributed by atoms with Gasteiger partial charge in [0.15, 0.2) is 0 Å². The van der Waals surface area contributed by atoms with E-state index in [2.05, 4.69) is 24.5 Å². The van der Waals surface area contributed by atoms with E-state index in [9.17, 15) is 9.59 Å². The van der Waals surface area contributed by atoms with Gasteiger partial charge in [0.25, 0.3) is 11.8 Å². The first-order valence-electron chi connectivity index (χ1n) is 8.01. The van der Waals surface area contributed by atoms with Crippen molar-refractivity contribution in [3.8, 4) is 0 Å². The summed E-state index contributed by atoms with van der Waals surface area (Å²) >= 11 is 12.0. The molecule has 0 unspecified atom stereocenters. The maximum atomic E-state index is 12.4. The first kappa shape index (κ1) is 19.3. The van der Waals surface area contributed by atoms with Crippen molar-refractivity contribution in [3.63, 3.8) is 0 Å². The zero-order valence-electron chi connectivity index (χ0n) is 14.1. The zero-order chi connectivity index (χ0) is 18.4. The highest BCUT2D eigenvalue weighted by molar-refractivity contribution is 6.35. The van der Waals surface area contributed by atoms with Gasteiger partial charge < -0.3 is 10.6 Å². The lowest BCUT2D eigenvalue weighted by molar-refractivity contribution is 0.0952. The molecular formula is C19H20Cl2N2O2. The molecule has 0 radical (unpaired) electrons. The van der Waals surface area contributed by atoms with Crippen molar-refractivity contribution in [2.24, 2.45) is 5.92 Å². The molecule has 6 heteroatoms. The molecule has 0 aliphatic heterocycles. The highest BCUT2D eigenvalue weighted by Gasteiger charge is 2.12. The fraction of sp³-hybridized carbons (Fsp3) is 0.263. The first-order valence-corrected chi connectivity index (χ1v) is 8.77. The van der Waals surface area contributed by atoms with Crippen LogP contribution in [0.1, 0.15) is 41.0 Å². The molecule has 0 spiro atoms. The van der Waals surface area contributed by atoms with Gasteiger partial charge in [-0.25, -0.2) is 0 Å². The summed E-state index contributed by atoms with van der Waals surface area (Å²) in [5.41, 5.74) is 1.23. The van der Waals surface area contributed by atoms with Crippen LogP contribution < -0.4 is 10.6 Å². The van der Waals surface area contributed by atoms with E-state index >= 15 is 0 Å². The fourth-order valence-electron chi connectivity index (χ4n) is 2.17. The van der Waals surface area contributed by atoms with E-state index in [0.29, 0.717) is 39.3 Å². The standard InChI is InChI=1S/C19H20Cl2N2O2/c1-12(2)8-9-22-18(24)13-4-3-5-14(10-13)19(25)23-17-11-15(20)6-7-16(17)21/h3-7,10-12H,8-9H2,1-2H3,(H,22,24)(H,23,25). The Morgan fingerprint density at radius 3 is 2.36 bits per heavy atom. The van der Waals surface area contributed by atoms with Crippen molar-refractivity contribution in [1.29, 1.82) is 0 Å². The number of amides is 2. The number of hydrogen-bond acceptors (Lipinski definition) is 2. The molecule has 2 amide bonds. The van der Waals surface area contributed by atoms with Crippen LogP contribution >= 0.6 is 23.2 Å². The monoisotopic (exact) mass is 378 g/mol. The normalized spacial score (nSPS) is 10.6. The number of hydrogen-bond donors (Lipinski definition) is 2.